The number of nitrogens with zero attached hydrogens (tertiary/aromatic N) is 2. The fourth-order valence-electron chi connectivity index (χ4n) is 7.04. The summed E-state index contributed by atoms with van der Waals surface area (Å²) in [6.45, 7) is -0.304. The highest BCUT2D eigenvalue weighted by atomic mass is 35.5. The number of benzene rings is 1. The summed E-state index contributed by atoms with van der Waals surface area (Å²) < 4.78 is 0. The molecule has 37 heavy (non-hydrogen) atoms. The van der Waals surface area contributed by atoms with E-state index in [9.17, 15) is 19.2 Å². The number of amides is 3. The van der Waals surface area contributed by atoms with Crippen LogP contribution in [0.2, 0.25) is 5.02 Å². The second-order valence-electron chi connectivity index (χ2n) is 10.1. The van der Waals surface area contributed by atoms with E-state index in [0.717, 1.165) is 26.8 Å². The van der Waals surface area contributed by atoms with E-state index in [4.69, 9.17) is 11.6 Å². The van der Waals surface area contributed by atoms with Crippen molar-refractivity contribution in [2.75, 3.05) is 11.9 Å². The van der Waals surface area contributed by atoms with E-state index < -0.39 is 17.7 Å². The summed E-state index contributed by atoms with van der Waals surface area (Å²) in [5, 5.41) is 4.27. The normalized spacial score (nSPS) is 31.3. The van der Waals surface area contributed by atoms with Crippen molar-refractivity contribution >= 4 is 58.1 Å². The summed E-state index contributed by atoms with van der Waals surface area (Å²) in [7, 11) is 0. The maximum Gasteiger partial charge on any atom is 0.305 e. The number of imide groups is 1. The second kappa shape index (κ2) is 8.54. The third kappa shape index (κ3) is 3.53. The van der Waals surface area contributed by atoms with Gasteiger partial charge in [0.25, 0.3) is 0 Å². The minimum absolute atomic E-state index is 0.00355. The number of carbonyl (C=O) groups is 3. The molecule has 3 aromatic rings. The molecule has 2 bridgehead atoms. The van der Waals surface area contributed by atoms with E-state index in [1.54, 1.807) is 42.2 Å². The van der Waals surface area contributed by atoms with Gasteiger partial charge in [-0.1, -0.05) is 29.0 Å². The predicted octanol–water partition coefficient (Wildman–Crippen LogP) is 3.60. The van der Waals surface area contributed by atoms with Crippen molar-refractivity contribution in [1.29, 1.82) is 0 Å². The van der Waals surface area contributed by atoms with Crippen LogP contribution < -0.4 is 10.2 Å². The molecule has 1 saturated heterocycles. The third-order valence-electron chi connectivity index (χ3n) is 8.29. The number of fused-ring (bicyclic) bond motifs is 9. The molecule has 2 aliphatic heterocycles. The second-order valence-corrected chi connectivity index (χ2v) is 12.7. The van der Waals surface area contributed by atoms with Crippen molar-refractivity contribution < 1.29 is 14.4 Å². The molecule has 7 atom stereocenters. The molecule has 8 nitrogen and oxygen atoms in total. The number of thiazole rings is 1. The Morgan fingerprint density at radius 2 is 1.86 bits per heavy atom. The maximum atomic E-state index is 13.6. The Morgan fingerprint density at radius 3 is 2.59 bits per heavy atom. The number of nitrogens with one attached hydrogen (secondary N) is 2. The SMILES string of the molecule is O=C(CN1C(=O)C2C3CC(C2C1=O)C1C3Sc2[nH]c(=O)sc2[C@@H]1c1cccnc1)Nc1ccc(Cl)cc1. The van der Waals surface area contributed by atoms with Gasteiger partial charge in [0.15, 0.2) is 0 Å². The number of H-pyrrole nitrogens is 1. The van der Waals surface area contributed by atoms with E-state index in [2.05, 4.69) is 15.3 Å². The predicted molar refractivity (Wildman–Crippen MR) is 140 cm³/mol. The molecule has 2 aromatic heterocycles. The van der Waals surface area contributed by atoms with Gasteiger partial charge in [-0.3, -0.25) is 29.1 Å². The lowest BCUT2D eigenvalue weighted by Gasteiger charge is -2.42. The topological polar surface area (TPSA) is 112 Å². The molecule has 4 heterocycles. The molecule has 11 heteroatoms. The van der Waals surface area contributed by atoms with Crippen LogP contribution >= 0.6 is 34.7 Å². The summed E-state index contributed by atoms with van der Waals surface area (Å²) in [6.07, 6.45) is 4.36. The first-order chi connectivity index (χ1) is 17.9. The molecular formula is C26H21ClN4O4S2. The third-order valence-corrected chi connectivity index (χ3v) is 11.1. The zero-order chi connectivity index (χ0) is 25.4. The van der Waals surface area contributed by atoms with Crippen molar-refractivity contribution in [2.45, 2.75) is 22.6 Å². The molecule has 3 fully saturated rings. The average molecular weight is 553 g/mol. The molecular weight excluding hydrogens is 532 g/mol. The quantitative estimate of drug-likeness (QED) is 0.478. The van der Waals surface area contributed by atoms with Gasteiger partial charge in [-0.15, -0.1) is 11.8 Å². The van der Waals surface area contributed by atoms with Gasteiger partial charge in [0, 0.05) is 39.1 Å². The number of anilines is 1. The zero-order valence-corrected chi connectivity index (χ0v) is 21.7. The smallest absolute Gasteiger partial charge is 0.305 e. The van der Waals surface area contributed by atoms with Crippen LogP contribution in [0, 0.1) is 29.6 Å². The van der Waals surface area contributed by atoms with Crippen LogP contribution in [-0.2, 0) is 14.4 Å². The highest BCUT2D eigenvalue weighted by Crippen LogP contribution is 2.68. The molecule has 2 N–H and O–H groups in total. The summed E-state index contributed by atoms with van der Waals surface area (Å²) >= 11 is 8.78. The van der Waals surface area contributed by atoms with Gasteiger partial charge in [-0.25, -0.2) is 0 Å². The van der Waals surface area contributed by atoms with Crippen LogP contribution in [0.15, 0.2) is 58.6 Å². The number of thioether (sulfide) groups is 1. The Bertz CT molecular complexity index is 1490. The fourth-order valence-corrected chi connectivity index (χ4v) is 10.1. The summed E-state index contributed by atoms with van der Waals surface area (Å²) in [4.78, 5) is 61.6. The molecule has 188 valence electrons. The summed E-state index contributed by atoms with van der Waals surface area (Å²) in [5.74, 6) is -1.71. The lowest BCUT2D eigenvalue weighted by molar-refractivity contribution is -0.143. The maximum absolute atomic E-state index is 13.6. The highest BCUT2D eigenvalue weighted by Gasteiger charge is 2.69. The lowest BCUT2D eigenvalue weighted by atomic mass is 9.68. The van der Waals surface area contributed by atoms with Gasteiger partial charge in [0.1, 0.15) is 6.54 Å². The van der Waals surface area contributed by atoms with Gasteiger partial charge in [0.05, 0.1) is 16.9 Å². The molecule has 4 aliphatic rings. The molecule has 6 unspecified atom stereocenters. The van der Waals surface area contributed by atoms with E-state index in [1.807, 2.05) is 18.3 Å². The number of halogens is 1. The largest absolute Gasteiger partial charge is 0.325 e. The number of rotatable bonds is 4. The molecule has 0 spiro atoms. The number of aromatic nitrogens is 2. The average Bonchev–Trinajstić information content (AvgIpc) is 3.62. The minimum atomic E-state index is -0.431. The number of hydrogen-bond acceptors (Lipinski definition) is 7. The van der Waals surface area contributed by atoms with E-state index in [1.165, 1.54) is 11.3 Å². The van der Waals surface area contributed by atoms with Gasteiger partial charge in [-0.2, -0.15) is 0 Å². The number of likely N-dealkylation sites (tertiary alicyclic amines) is 1. The standard InChI is InChI=1S/C26H21ClN4O4S2/c27-12-3-5-13(6-4-12)29-16(32)10-31-24(33)19-14-8-15(20(19)25(31)34)21-18(14)17(11-2-1-7-28-9-11)22-23(36-21)30-26(35)37-22/h1-7,9,14-15,17-21H,8,10H2,(H,29,32)(H,30,35)/t14?,15?,17-,18?,19?,20?,21?/m1/s1. The van der Waals surface area contributed by atoms with Gasteiger partial charge < -0.3 is 10.3 Å². The van der Waals surface area contributed by atoms with Crippen LogP contribution in [0.1, 0.15) is 22.8 Å². The van der Waals surface area contributed by atoms with Crippen LogP contribution in [0.25, 0.3) is 0 Å². The van der Waals surface area contributed by atoms with Crippen LogP contribution in [0.4, 0.5) is 5.69 Å². The molecule has 1 aromatic carbocycles. The van der Waals surface area contributed by atoms with Crippen molar-refractivity contribution in [2.24, 2.45) is 29.6 Å². The van der Waals surface area contributed by atoms with Gasteiger partial charge >= 0.3 is 4.87 Å². The van der Waals surface area contributed by atoms with Gasteiger partial charge in [-0.05, 0) is 60.1 Å². The molecule has 7 rings (SSSR count). The Labute approximate surface area is 224 Å². The first kappa shape index (κ1) is 23.2. The first-order valence-electron chi connectivity index (χ1n) is 12.1. The Morgan fingerprint density at radius 1 is 1.11 bits per heavy atom. The van der Waals surface area contributed by atoms with Crippen molar-refractivity contribution in [3.8, 4) is 0 Å². The van der Waals surface area contributed by atoms with Crippen molar-refractivity contribution in [1.82, 2.24) is 14.9 Å². The lowest BCUT2D eigenvalue weighted by Crippen LogP contribution is -2.42. The number of aromatic amines is 1. The van der Waals surface area contributed by atoms with E-state index in [-0.39, 0.29) is 52.2 Å². The van der Waals surface area contributed by atoms with Crippen LogP contribution in [0.5, 0.6) is 0 Å². The summed E-state index contributed by atoms with van der Waals surface area (Å²) in [6, 6.07) is 10.6. The molecule has 2 aliphatic carbocycles. The number of pyridine rings is 1. The molecule has 2 saturated carbocycles. The van der Waals surface area contributed by atoms with Crippen LogP contribution in [-0.4, -0.2) is 44.4 Å². The van der Waals surface area contributed by atoms with E-state index >= 15 is 0 Å². The van der Waals surface area contributed by atoms with Crippen molar-refractivity contribution in [3.05, 3.63) is 73.9 Å². The molecule has 3 amide bonds. The highest BCUT2D eigenvalue weighted by molar-refractivity contribution is 8.00. The Balaban J connectivity index is 1.18. The number of hydrogen-bond donors (Lipinski definition) is 2. The first-order valence-corrected chi connectivity index (χ1v) is 14.2. The van der Waals surface area contributed by atoms with E-state index in [0.29, 0.717) is 10.7 Å². The summed E-state index contributed by atoms with van der Waals surface area (Å²) in [5.41, 5.74) is 1.57. The number of carbonyl (C=O) groups excluding carboxylic acids is 3. The Hall–Kier alpha value is -2.95. The van der Waals surface area contributed by atoms with Gasteiger partial charge in [0.2, 0.25) is 17.7 Å². The Kier molecular flexibility index (Phi) is 5.35. The fraction of sp³-hybridized carbons (Fsp3) is 0.346. The molecule has 0 radical (unpaired) electrons. The van der Waals surface area contributed by atoms with Crippen LogP contribution in [0.3, 0.4) is 0 Å². The zero-order valence-electron chi connectivity index (χ0n) is 19.3. The van der Waals surface area contributed by atoms with Crippen molar-refractivity contribution in [3.63, 3.8) is 0 Å². The monoisotopic (exact) mass is 552 g/mol. The minimum Gasteiger partial charge on any atom is -0.325 e.